The number of nitriles is 4. The van der Waals surface area contributed by atoms with Crippen LogP contribution in [-0.2, 0) is 26.1 Å². The van der Waals surface area contributed by atoms with E-state index in [0.717, 1.165) is 31.3 Å². The normalized spacial score (nSPS) is 18.4. The Kier molecular flexibility index (Phi) is 21.6. The van der Waals surface area contributed by atoms with Gasteiger partial charge in [-0.05, 0) is 31.3 Å². The van der Waals surface area contributed by atoms with Gasteiger partial charge in [-0.3, -0.25) is 9.59 Å². The Bertz CT molecular complexity index is 502. The van der Waals surface area contributed by atoms with Gasteiger partial charge < -0.3 is 0 Å². The zero-order valence-electron chi connectivity index (χ0n) is 13.7. The molecule has 1 aliphatic heterocycles. The van der Waals surface area contributed by atoms with Gasteiger partial charge in [0.25, 0.3) is 13.6 Å². The fourth-order valence-corrected chi connectivity index (χ4v) is 13.3. The molecule has 0 saturated carbocycles. The molecule has 2 atom stereocenters. The Morgan fingerprint density at radius 3 is 1.56 bits per heavy atom. The maximum absolute atomic E-state index is 8.85. The smallest absolute Gasteiger partial charge is 0.281 e. The van der Waals surface area contributed by atoms with Crippen LogP contribution in [0.3, 0.4) is 0 Å². The van der Waals surface area contributed by atoms with Crippen LogP contribution >= 0.6 is 15.2 Å². The molecule has 1 rings (SSSR count). The maximum atomic E-state index is 8.85. The van der Waals surface area contributed by atoms with Gasteiger partial charge in [0, 0.05) is 47.3 Å². The first-order chi connectivity index (χ1) is 11.7. The largest absolute Gasteiger partial charge is 0.281 e. The molecule has 4 radical (unpaired) electrons. The summed E-state index contributed by atoms with van der Waals surface area (Å²) in [6.07, 6.45) is 6.99. The van der Waals surface area contributed by atoms with Crippen LogP contribution in [0.15, 0.2) is 0 Å². The summed E-state index contributed by atoms with van der Waals surface area (Å²) in [5.41, 5.74) is 0. The molecule has 2 unspecified atom stereocenters. The van der Waals surface area contributed by atoms with Gasteiger partial charge in [0.2, 0.25) is 0 Å². The molecule has 0 amide bonds. The summed E-state index contributed by atoms with van der Waals surface area (Å²) >= 11 is 0. The first-order valence-electron chi connectivity index (χ1n) is 7.15. The Hall–Kier alpha value is -1.35. The van der Waals surface area contributed by atoms with Gasteiger partial charge >= 0.3 is 0 Å². The molecule has 1 heterocycles. The maximum Gasteiger partial charge on any atom is 0.281 e. The first-order valence-corrected chi connectivity index (χ1v) is 11.1. The molecule has 9 heteroatoms. The Labute approximate surface area is 162 Å². The predicted molar refractivity (Wildman–Crippen MR) is 92.7 cm³/mol. The monoisotopic (exact) mass is 418 g/mol. The molecule has 0 N–H and O–H groups in total. The van der Waals surface area contributed by atoms with Gasteiger partial charge in [0.1, 0.15) is 0 Å². The molecule has 1 fully saturated rings. The van der Waals surface area contributed by atoms with Crippen molar-refractivity contribution in [3.05, 3.63) is 0 Å². The number of rotatable bonds is 8. The van der Waals surface area contributed by atoms with Crippen molar-refractivity contribution in [3.63, 3.8) is 0 Å². The minimum atomic E-state index is -0.261. The third-order valence-corrected chi connectivity index (χ3v) is 13.6. The Morgan fingerprint density at radius 2 is 1.16 bits per heavy atom. The van der Waals surface area contributed by atoms with Crippen LogP contribution in [-0.4, -0.2) is 37.2 Å². The summed E-state index contributed by atoms with van der Waals surface area (Å²) in [4.78, 5) is 15.0. The van der Waals surface area contributed by atoms with E-state index in [9.17, 15) is 0 Å². The van der Waals surface area contributed by atoms with Gasteiger partial charge in [-0.15, -0.1) is 0 Å². The SMILES string of the molecule is N#CCCP1CC(CCC#N)(CCC#N)P1CCC#N.[C]=O.[C]=O.[Ni]. The molecule has 0 aromatic heterocycles. The summed E-state index contributed by atoms with van der Waals surface area (Å²) in [6.45, 7) is 9.00. The van der Waals surface area contributed by atoms with Crippen molar-refractivity contribution in [2.75, 3.05) is 18.5 Å². The standard InChI is InChI=1S/C14H18N4P2.2CO.Ni/c15-7-1-5-14(6-2-8-16)13-19(11-3-9-17)20(14)12-4-10-18;2*1-2;/h1-6,11-13H2;;;. The van der Waals surface area contributed by atoms with Crippen molar-refractivity contribution in [1.82, 2.24) is 0 Å². The van der Waals surface area contributed by atoms with Crippen molar-refractivity contribution >= 4 is 28.8 Å². The van der Waals surface area contributed by atoms with Crippen LogP contribution in [0.4, 0.5) is 0 Å². The topological polar surface area (TPSA) is 129 Å². The van der Waals surface area contributed by atoms with E-state index in [1.165, 1.54) is 0 Å². The van der Waals surface area contributed by atoms with Crippen LogP contribution in [0.5, 0.6) is 0 Å². The second-order valence-electron chi connectivity index (χ2n) is 4.87. The quantitative estimate of drug-likeness (QED) is 0.439. The molecule has 134 valence electrons. The minimum absolute atomic E-state index is 0. The second-order valence-corrected chi connectivity index (χ2v) is 12.0. The van der Waals surface area contributed by atoms with Crippen LogP contribution in [0.1, 0.15) is 38.5 Å². The molecular formula is C16H18N4NiO2P2. The van der Waals surface area contributed by atoms with Crippen molar-refractivity contribution in [2.24, 2.45) is 0 Å². The van der Waals surface area contributed by atoms with Crippen molar-refractivity contribution in [2.45, 2.75) is 43.7 Å². The molecule has 25 heavy (non-hydrogen) atoms. The average molecular weight is 419 g/mol. The molecule has 0 aromatic rings. The van der Waals surface area contributed by atoms with E-state index in [1.807, 2.05) is 0 Å². The first kappa shape index (κ1) is 28.5. The van der Waals surface area contributed by atoms with Crippen molar-refractivity contribution in [1.29, 1.82) is 21.0 Å². The van der Waals surface area contributed by atoms with E-state index in [4.69, 9.17) is 30.6 Å². The average Bonchev–Trinajstić information content (AvgIpc) is 2.63. The van der Waals surface area contributed by atoms with Crippen LogP contribution in [0.25, 0.3) is 0 Å². The predicted octanol–water partition coefficient (Wildman–Crippen LogP) is 3.26. The number of hydrogen-bond donors (Lipinski definition) is 0. The van der Waals surface area contributed by atoms with E-state index in [1.54, 1.807) is 0 Å². The zero-order valence-corrected chi connectivity index (χ0v) is 16.5. The molecule has 0 aromatic carbocycles. The number of hydrogen-bond acceptors (Lipinski definition) is 6. The summed E-state index contributed by atoms with van der Waals surface area (Å²) in [5.74, 6) is 0. The van der Waals surface area contributed by atoms with Gasteiger partial charge in [-0.25, -0.2) is 0 Å². The molecule has 0 bridgehead atoms. The van der Waals surface area contributed by atoms with Crippen molar-refractivity contribution in [3.8, 4) is 24.3 Å². The van der Waals surface area contributed by atoms with Crippen LogP contribution in [0, 0.1) is 45.3 Å². The Morgan fingerprint density at radius 1 is 0.760 bits per heavy atom. The van der Waals surface area contributed by atoms with E-state index >= 15 is 0 Å². The summed E-state index contributed by atoms with van der Waals surface area (Å²) in [6, 6.07) is 8.88. The summed E-state index contributed by atoms with van der Waals surface area (Å²) in [7, 11) is -0.388. The third kappa shape index (κ3) is 9.64. The molecule has 1 saturated heterocycles. The Balaban J connectivity index is -0.000000899. The van der Waals surface area contributed by atoms with Gasteiger partial charge in [-0.1, -0.05) is 15.2 Å². The van der Waals surface area contributed by atoms with Gasteiger partial charge in [0.15, 0.2) is 0 Å². The minimum Gasteiger partial charge on any atom is -0.281 e. The van der Waals surface area contributed by atoms with E-state index < -0.39 is 0 Å². The van der Waals surface area contributed by atoms with Crippen LogP contribution in [0.2, 0.25) is 0 Å². The summed E-state index contributed by atoms with van der Waals surface area (Å²) in [5, 5.41) is 35.4. The van der Waals surface area contributed by atoms with Crippen molar-refractivity contribution < 1.29 is 26.1 Å². The van der Waals surface area contributed by atoms with E-state index in [-0.39, 0.29) is 36.9 Å². The van der Waals surface area contributed by atoms with E-state index in [2.05, 4.69) is 37.9 Å². The van der Waals surface area contributed by atoms with Crippen LogP contribution < -0.4 is 0 Å². The summed E-state index contributed by atoms with van der Waals surface area (Å²) < 4.78 is 0. The molecular weight excluding hydrogens is 401 g/mol. The molecule has 0 aliphatic carbocycles. The van der Waals surface area contributed by atoms with Gasteiger partial charge in [0.05, 0.1) is 24.3 Å². The zero-order chi connectivity index (χ0) is 18.8. The third-order valence-electron chi connectivity index (χ3n) is 3.69. The molecule has 0 spiro atoms. The molecule has 1 aliphatic rings. The fraction of sp³-hybridized carbons (Fsp3) is 0.625. The second kappa shape index (κ2) is 19.0. The fourth-order valence-electron chi connectivity index (χ4n) is 2.76. The number of carbonyl (C=O) groups excluding carboxylic acids is 2. The van der Waals surface area contributed by atoms with E-state index in [0.29, 0.717) is 25.7 Å². The number of nitrogens with zero attached hydrogens (tertiary/aromatic N) is 4. The van der Waals surface area contributed by atoms with Gasteiger partial charge in [-0.2, -0.15) is 21.0 Å². The molecule has 6 nitrogen and oxygen atoms in total.